The van der Waals surface area contributed by atoms with Crippen molar-refractivity contribution in [3.63, 3.8) is 0 Å². The van der Waals surface area contributed by atoms with Crippen LogP contribution >= 0.6 is 10.6 Å². The van der Waals surface area contributed by atoms with Gasteiger partial charge in [0.15, 0.2) is 0 Å². The molecule has 0 aromatic rings. The Bertz CT molecular complexity index is 444. The van der Waals surface area contributed by atoms with Crippen molar-refractivity contribution < 1.29 is 13.2 Å². The van der Waals surface area contributed by atoms with Gasteiger partial charge in [0.1, 0.15) is 0 Å². The van der Waals surface area contributed by atoms with Crippen molar-refractivity contribution in [1.82, 2.24) is 0 Å². The Kier molecular flexibility index (Phi) is 1.69. The predicted molar refractivity (Wildman–Crippen MR) is 66.1 cm³/mol. The van der Waals surface area contributed by atoms with Crippen molar-refractivity contribution in [2.45, 2.75) is 39.2 Å². The highest BCUT2D eigenvalue weighted by atomic mass is 32.3. The van der Waals surface area contributed by atoms with Gasteiger partial charge in [-0.25, -0.2) is 4.79 Å². The van der Waals surface area contributed by atoms with E-state index in [1.165, 1.54) is 12.8 Å². The van der Waals surface area contributed by atoms with Gasteiger partial charge >= 0.3 is 5.97 Å². The average Bonchev–Trinajstić information content (AvgIpc) is 2.89. The molecule has 4 aliphatic rings. The minimum absolute atomic E-state index is 0.219. The van der Waals surface area contributed by atoms with Gasteiger partial charge in [-0.1, -0.05) is 13.8 Å². The molecule has 3 fully saturated rings. The van der Waals surface area contributed by atoms with Gasteiger partial charge in [-0.15, -0.1) is 10.6 Å². The fourth-order valence-electron chi connectivity index (χ4n) is 4.55. The molecule has 0 radical (unpaired) electrons. The fourth-order valence-corrected chi connectivity index (χ4v) is 7.66. The lowest BCUT2D eigenvalue weighted by Crippen LogP contribution is -2.37. The molecule has 2 aliphatic heterocycles. The normalized spacial score (nSPS) is 57.2. The highest BCUT2D eigenvalue weighted by molar-refractivity contribution is 8.29. The number of hydrogen-bond acceptors (Lipinski definition) is 3. The Balaban J connectivity index is 1.75. The van der Waals surface area contributed by atoms with E-state index in [4.69, 9.17) is 8.37 Å². The third-order valence-corrected chi connectivity index (χ3v) is 8.20. The van der Waals surface area contributed by atoms with Crippen LogP contribution in [0.5, 0.6) is 0 Å². The van der Waals surface area contributed by atoms with Crippen molar-refractivity contribution in [2.75, 3.05) is 5.75 Å². The molecule has 4 rings (SSSR count). The highest BCUT2D eigenvalue weighted by Crippen LogP contribution is 2.78. The first-order valence-electron chi connectivity index (χ1n) is 6.38. The standard InChI is InChI=1S/C13H18O3S/c1-12(2)9-3-5-13(12)8-17(15-10(13)7-9)6-4-11(14)16-17/h4,6,9-10H,3,5,7-8H2,1-2H3/t9-,10-,13-/m1/s1. The first-order valence-corrected chi connectivity index (χ1v) is 8.10. The van der Waals surface area contributed by atoms with Gasteiger partial charge in [0.25, 0.3) is 0 Å². The molecule has 0 aromatic carbocycles. The first-order chi connectivity index (χ1) is 7.98. The van der Waals surface area contributed by atoms with Crippen LogP contribution in [0.1, 0.15) is 33.1 Å². The Morgan fingerprint density at radius 1 is 1.47 bits per heavy atom. The maximum absolute atomic E-state index is 11.3. The third kappa shape index (κ3) is 1.03. The van der Waals surface area contributed by atoms with Crippen LogP contribution in [-0.2, 0) is 13.2 Å². The van der Waals surface area contributed by atoms with E-state index in [2.05, 4.69) is 13.8 Å². The lowest BCUT2D eigenvalue weighted by molar-refractivity contribution is -0.128. The fraction of sp³-hybridized carbons (Fsp3) is 0.769. The molecule has 0 N–H and O–H groups in total. The smallest absolute Gasteiger partial charge is 0.345 e. The minimum atomic E-state index is -1.68. The molecule has 4 atom stereocenters. The van der Waals surface area contributed by atoms with Crippen LogP contribution in [0.2, 0.25) is 0 Å². The average molecular weight is 254 g/mol. The quantitative estimate of drug-likeness (QED) is 0.667. The maximum Gasteiger partial charge on any atom is 0.353 e. The predicted octanol–water partition coefficient (Wildman–Crippen LogP) is 2.92. The lowest BCUT2D eigenvalue weighted by atomic mass is 9.70. The van der Waals surface area contributed by atoms with Crippen LogP contribution in [0.25, 0.3) is 0 Å². The number of rotatable bonds is 0. The summed E-state index contributed by atoms with van der Waals surface area (Å²) in [5, 5.41) is 1.91. The van der Waals surface area contributed by atoms with Gasteiger partial charge in [-0.2, -0.15) is 0 Å². The van der Waals surface area contributed by atoms with Gasteiger partial charge in [-0.3, -0.25) is 4.18 Å². The van der Waals surface area contributed by atoms with Crippen LogP contribution in [0.15, 0.2) is 11.5 Å². The maximum atomic E-state index is 11.3. The van der Waals surface area contributed by atoms with Crippen LogP contribution in [-0.4, -0.2) is 17.8 Å². The van der Waals surface area contributed by atoms with E-state index in [-0.39, 0.29) is 11.4 Å². The lowest BCUT2D eigenvalue weighted by Gasteiger charge is -2.38. The second-order valence-corrected chi connectivity index (χ2v) is 8.69. The molecule has 2 aliphatic carbocycles. The molecule has 3 nitrogen and oxygen atoms in total. The van der Waals surface area contributed by atoms with E-state index in [0.717, 1.165) is 18.1 Å². The minimum Gasteiger partial charge on any atom is -0.345 e. The van der Waals surface area contributed by atoms with Crippen LogP contribution < -0.4 is 0 Å². The second-order valence-electron chi connectivity index (χ2n) is 6.45. The summed E-state index contributed by atoms with van der Waals surface area (Å²) in [6, 6.07) is 0. The number of hydrogen-bond donors (Lipinski definition) is 0. The molecule has 17 heavy (non-hydrogen) atoms. The Morgan fingerprint density at radius 3 is 2.88 bits per heavy atom. The molecule has 1 unspecified atom stereocenters. The molecule has 0 aromatic heterocycles. The third-order valence-electron chi connectivity index (χ3n) is 5.73. The van der Waals surface area contributed by atoms with Crippen LogP contribution in [0.4, 0.5) is 0 Å². The molecule has 94 valence electrons. The number of fused-ring (bicyclic) bond motifs is 1. The van der Waals surface area contributed by atoms with Crippen molar-refractivity contribution in [3.8, 4) is 0 Å². The van der Waals surface area contributed by atoms with Crippen LogP contribution in [0.3, 0.4) is 0 Å². The summed E-state index contributed by atoms with van der Waals surface area (Å²) in [6.07, 6.45) is 5.59. The zero-order valence-corrected chi connectivity index (χ0v) is 11.1. The van der Waals surface area contributed by atoms with E-state index in [9.17, 15) is 4.79 Å². The molecule has 2 saturated carbocycles. The van der Waals surface area contributed by atoms with E-state index in [1.54, 1.807) is 6.08 Å². The van der Waals surface area contributed by atoms with E-state index >= 15 is 0 Å². The van der Waals surface area contributed by atoms with Gasteiger partial charge in [0.05, 0.1) is 11.9 Å². The Morgan fingerprint density at radius 2 is 2.29 bits per heavy atom. The molecular weight excluding hydrogens is 236 g/mol. The van der Waals surface area contributed by atoms with Crippen molar-refractivity contribution in [3.05, 3.63) is 11.5 Å². The Hall–Kier alpha value is -0.480. The monoisotopic (exact) mass is 254 g/mol. The van der Waals surface area contributed by atoms with Gasteiger partial charge < -0.3 is 4.18 Å². The van der Waals surface area contributed by atoms with Gasteiger partial charge in [0, 0.05) is 16.9 Å². The zero-order chi connectivity index (χ0) is 11.9. The molecule has 2 heterocycles. The SMILES string of the molecule is CC1(C)[C@@H]2CC[C@]13CS1(C=CC(=O)O1)O[C@@H]3C2. The molecule has 4 heteroatoms. The molecule has 0 amide bonds. The van der Waals surface area contributed by atoms with Crippen molar-refractivity contribution in [1.29, 1.82) is 0 Å². The molecule has 1 saturated heterocycles. The van der Waals surface area contributed by atoms with E-state index in [0.29, 0.717) is 11.5 Å². The molecule has 2 bridgehead atoms. The van der Waals surface area contributed by atoms with Gasteiger partial charge in [-0.05, 0) is 30.6 Å². The van der Waals surface area contributed by atoms with E-state index in [1.807, 2.05) is 5.41 Å². The van der Waals surface area contributed by atoms with Crippen molar-refractivity contribution >= 4 is 16.6 Å². The largest absolute Gasteiger partial charge is 0.353 e. The highest BCUT2D eigenvalue weighted by Gasteiger charge is 2.70. The molecule has 2 spiro atoms. The topological polar surface area (TPSA) is 35.5 Å². The summed E-state index contributed by atoms with van der Waals surface area (Å²) < 4.78 is 11.7. The van der Waals surface area contributed by atoms with Gasteiger partial charge in [0.2, 0.25) is 0 Å². The Labute approximate surface area is 103 Å². The second kappa shape index (κ2) is 2.75. The summed E-state index contributed by atoms with van der Waals surface area (Å²) in [6.45, 7) is 4.76. The number of carbonyl (C=O) groups excluding carboxylic acids is 1. The van der Waals surface area contributed by atoms with Crippen molar-refractivity contribution in [2.24, 2.45) is 16.7 Å². The summed E-state index contributed by atoms with van der Waals surface area (Å²) in [5.41, 5.74) is 0.610. The summed E-state index contributed by atoms with van der Waals surface area (Å²) in [7, 11) is -1.68. The first kappa shape index (κ1) is 10.4. The number of carbonyl (C=O) groups is 1. The van der Waals surface area contributed by atoms with E-state index < -0.39 is 10.6 Å². The zero-order valence-electron chi connectivity index (χ0n) is 10.3. The van der Waals surface area contributed by atoms with Crippen LogP contribution in [0, 0.1) is 16.7 Å². The summed E-state index contributed by atoms with van der Waals surface area (Å²) in [4.78, 5) is 11.3. The summed E-state index contributed by atoms with van der Waals surface area (Å²) in [5.74, 6) is 1.52. The molecular formula is C13H18O3S. The summed E-state index contributed by atoms with van der Waals surface area (Å²) >= 11 is 0.